The third-order valence-electron chi connectivity index (χ3n) is 3.08. The van der Waals surface area contributed by atoms with Crippen LogP contribution in [0.2, 0.25) is 0 Å². The first-order chi connectivity index (χ1) is 8.22. The van der Waals surface area contributed by atoms with Gasteiger partial charge in [0.1, 0.15) is 5.75 Å². The smallest absolute Gasteiger partial charge is 0.120 e. The predicted molar refractivity (Wildman–Crippen MR) is 76.3 cm³/mol. The molecule has 0 aliphatic carbocycles. The number of aromatic nitrogens is 1. The highest BCUT2D eigenvalue weighted by atomic mass is 79.9. The molecular weight excluding hydrogens is 278 g/mol. The van der Waals surface area contributed by atoms with Crippen LogP contribution in [0.4, 0.5) is 0 Å². The zero-order valence-corrected chi connectivity index (χ0v) is 11.9. The summed E-state index contributed by atoms with van der Waals surface area (Å²) in [5.41, 5.74) is 3.73. The number of nitrogens with one attached hydrogen (secondary N) is 1. The minimum absolute atomic E-state index is 0.791. The average Bonchev–Trinajstić information content (AvgIpc) is 2.61. The van der Waals surface area contributed by atoms with E-state index in [1.54, 1.807) is 0 Å². The van der Waals surface area contributed by atoms with Crippen molar-refractivity contribution in [3.63, 3.8) is 0 Å². The molecule has 1 N–H and O–H groups in total. The number of fused-ring (bicyclic) bond motifs is 1. The van der Waals surface area contributed by atoms with Gasteiger partial charge in [0.15, 0.2) is 0 Å². The van der Waals surface area contributed by atoms with Gasteiger partial charge in [-0.25, -0.2) is 0 Å². The van der Waals surface area contributed by atoms with Gasteiger partial charge in [-0.05, 0) is 50.5 Å². The highest BCUT2D eigenvalue weighted by molar-refractivity contribution is 9.09. The molecule has 0 atom stereocenters. The molecule has 0 fully saturated rings. The lowest BCUT2D eigenvalue weighted by atomic mass is 10.1. The van der Waals surface area contributed by atoms with Gasteiger partial charge in [0, 0.05) is 21.9 Å². The lowest BCUT2D eigenvalue weighted by Gasteiger charge is -2.05. The van der Waals surface area contributed by atoms with Crippen molar-refractivity contribution in [2.45, 2.75) is 26.7 Å². The fourth-order valence-corrected chi connectivity index (χ4v) is 2.31. The van der Waals surface area contributed by atoms with Crippen molar-refractivity contribution in [2.75, 3.05) is 11.9 Å². The molecule has 0 saturated heterocycles. The summed E-state index contributed by atoms with van der Waals surface area (Å²) in [6, 6.07) is 6.25. The van der Waals surface area contributed by atoms with E-state index in [1.807, 2.05) is 6.07 Å². The van der Waals surface area contributed by atoms with E-state index < -0.39 is 0 Å². The molecule has 0 aliphatic rings. The number of rotatable bonds is 5. The summed E-state index contributed by atoms with van der Waals surface area (Å²) in [5.74, 6) is 0.967. The van der Waals surface area contributed by atoms with Crippen molar-refractivity contribution >= 4 is 26.8 Å². The van der Waals surface area contributed by atoms with E-state index in [4.69, 9.17) is 4.74 Å². The first kappa shape index (κ1) is 12.5. The zero-order valence-electron chi connectivity index (χ0n) is 10.3. The van der Waals surface area contributed by atoms with E-state index in [9.17, 15) is 0 Å². The Kier molecular flexibility index (Phi) is 4.11. The first-order valence-electron chi connectivity index (χ1n) is 6.00. The Morgan fingerprint density at radius 1 is 1.24 bits per heavy atom. The van der Waals surface area contributed by atoms with E-state index in [0.29, 0.717) is 0 Å². The lowest BCUT2D eigenvalue weighted by molar-refractivity contribution is 0.310. The van der Waals surface area contributed by atoms with Crippen LogP contribution in [-0.2, 0) is 0 Å². The fourth-order valence-electron chi connectivity index (χ4n) is 1.92. The fraction of sp³-hybridized carbons (Fsp3) is 0.429. The summed E-state index contributed by atoms with van der Waals surface area (Å²) >= 11 is 3.42. The summed E-state index contributed by atoms with van der Waals surface area (Å²) < 4.78 is 5.75. The lowest BCUT2D eigenvalue weighted by Crippen LogP contribution is -1.97. The van der Waals surface area contributed by atoms with Crippen LogP contribution in [0.25, 0.3) is 10.9 Å². The maximum Gasteiger partial charge on any atom is 0.120 e. The monoisotopic (exact) mass is 295 g/mol. The van der Waals surface area contributed by atoms with E-state index in [-0.39, 0.29) is 0 Å². The van der Waals surface area contributed by atoms with Gasteiger partial charge in [0.05, 0.1) is 6.61 Å². The third-order valence-corrected chi connectivity index (χ3v) is 3.64. The van der Waals surface area contributed by atoms with Crippen LogP contribution in [0.1, 0.15) is 24.1 Å². The van der Waals surface area contributed by atoms with Crippen LogP contribution in [0, 0.1) is 13.8 Å². The van der Waals surface area contributed by atoms with E-state index in [2.05, 4.69) is 46.9 Å². The molecule has 1 heterocycles. The topological polar surface area (TPSA) is 25.0 Å². The number of hydrogen-bond donors (Lipinski definition) is 1. The standard InChI is InChI=1S/C14H18BrNO/c1-10-11(2)16-14-6-5-12(9-13(10)14)17-8-4-3-7-15/h5-6,9,16H,3-4,7-8H2,1-2H3. The second-order valence-corrected chi connectivity index (χ2v) is 5.12. The van der Waals surface area contributed by atoms with E-state index in [0.717, 1.165) is 30.5 Å². The van der Waals surface area contributed by atoms with Crippen LogP contribution >= 0.6 is 15.9 Å². The Morgan fingerprint density at radius 2 is 2.06 bits per heavy atom. The predicted octanol–water partition coefficient (Wildman–Crippen LogP) is 4.34. The van der Waals surface area contributed by atoms with Crippen LogP contribution in [0.15, 0.2) is 18.2 Å². The Balaban J connectivity index is 2.11. The van der Waals surface area contributed by atoms with E-state index in [1.165, 1.54) is 22.2 Å². The molecule has 2 rings (SSSR count). The van der Waals surface area contributed by atoms with Gasteiger partial charge in [0.25, 0.3) is 0 Å². The number of aromatic amines is 1. The van der Waals surface area contributed by atoms with Gasteiger partial charge in [-0.2, -0.15) is 0 Å². The van der Waals surface area contributed by atoms with Gasteiger partial charge >= 0.3 is 0 Å². The summed E-state index contributed by atoms with van der Waals surface area (Å²) in [4.78, 5) is 3.37. The summed E-state index contributed by atoms with van der Waals surface area (Å²) in [7, 11) is 0. The molecule has 1 aromatic carbocycles. The molecule has 2 aromatic rings. The third kappa shape index (κ3) is 2.83. The molecule has 0 bridgehead atoms. The number of ether oxygens (including phenoxy) is 1. The Morgan fingerprint density at radius 3 is 2.82 bits per heavy atom. The first-order valence-corrected chi connectivity index (χ1v) is 7.12. The van der Waals surface area contributed by atoms with E-state index >= 15 is 0 Å². The maximum absolute atomic E-state index is 5.75. The SMILES string of the molecule is Cc1[nH]c2ccc(OCCCCBr)cc2c1C. The molecular formula is C14H18BrNO. The second-order valence-electron chi connectivity index (χ2n) is 4.33. The van der Waals surface area contributed by atoms with Gasteiger partial charge in [0.2, 0.25) is 0 Å². The highest BCUT2D eigenvalue weighted by Crippen LogP contribution is 2.25. The van der Waals surface area contributed by atoms with Crippen molar-refractivity contribution in [1.29, 1.82) is 0 Å². The van der Waals surface area contributed by atoms with Gasteiger partial charge in [-0.15, -0.1) is 0 Å². The molecule has 0 radical (unpaired) electrons. The molecule has 17 heavy (non-hydrogen) atoms. The van der Waals surface area contributed by atoms with Gasteiger partial charge in [-0.1, -0.05) is 15.9 Å². The van der Waals surface area contributed by atoms with Crippen LogP contribution < -0.4 is 4.74 Å². The molecule has 0 amide bonds. The number of aryl methyl sites for hydroxylation is 2. The largest absolute Gasteiger partial charge is 0.494 e. The molecule has 1 aromatic heterocycles. The number of halogens is 1. The number of H-pyrrole nitrogens is 1. The van der Waals surface area contributed by atoms with Crippen LogP contribution in [-0.4, -0.2) is 16.9 Å². The molecule has 0 saturated carbocycles. The van der Waals surface area contributed by atoms with Crippen molar-refractivity contribution < 1.29 is 4.74 Å². The zero-order chi connectivity index (χ0) is 12.3. The van der Waals surface area contributed by atoms with Crippen molar-refractivity contribution in [3.05, 3.63) is 29.5 Å². The quantitative estimate of drug-likeness (QED) is 0.644. The number of benzene rings is 1. The summed E-state index contributed by atoms with van der Waals surface area (Å²) in [5, 5.41) is 2.31. The van der Waals surface area contributed by atoms with Crippen molar-refractivity contribution in [3.8, 4) is 5.75 Å². The highest BCUT2D eigenvalue weighted by Gasteiger charge is 2.05. The Hall–Kier alpha value is -0.960. The minimum Gasteiger partial charge on any atom is -0.494 e. The number of alkyl halides is 1. The summed E-state index contributed by atoms with van der Waals surface area (Å²) in [6.07, 6.45) is 2.25. The van der Waals surface area contributed by atoms with Crippen LogP contribution in [0.3, 0.4) is 0 Å². The number of hydrogen-bond acceptors (Lipinski definition) is 1. The Bertz CT molecular complexity index is 504. The van der Waals surface area contributed by atoms with Gasteiger partial charge < -0.3 is 9.72 Å². The average molecular weight is 296 g/mol. The maximum atomic E-state index is 5.75. The minimum atomic E-state index is 0.791. The van der Waals surface area contributed by atoms with Crippen molar-refractivity contribution in [1.82, 2.24) is 4.98 Å². The Labute approximate surface area is 110 Å². The summed E-state index contributed by atoms with van der Waals surface area (Å²) in [6.45, 7) is 5.04. The van der Waals surface area contributed by atoms with Crippen molar-refractivity contribution in [2.24, 2.45) is 0 Å². The molecule has 3 heteroatoms. The molecule has 0 spiro atoms. The van der Waals surface area contributed by atoms with Crippen LogP contribution in [0.5, 0.6) is 5.75 Å². The second kappa shape index (κ2) is 5.58. The molecule has 2 nitrogen and oxygen atoms in total. The molecule has 0 aliphatic heterocycles. The molecule has 92 valence electrons. The molecule has 0 unspecified atom stereocenters. The normalized spacial score (nSPS) is 11.0. The number of unbranched alkanes of at least 4 members (excludes halogenated alkanes) is 1. The van der Waals surface area contributed by atoms with Gasteiger partial charge in [-0.3, -0.25) is 0 Å².